The van der Waals surface area contributed by atoms with Gasteiger partial charge in [-0.15, -0.1) is 0 Å². The van der Waals surface area contributed by atoms with Gasteiger partial charge in [0.25, 0.3) is 0 Å². The molecule has 1 aromatic heterocycles. The first-order valence-corrected chi connectivity index (χ1v) is 10.1. The number of amides is 2. The maximum atomic E-state index is 13.4. The molecule has 9 heteroatoms. The van der Waals surface area contributed by atoms with Crippen molar-refractivity contribution in [3.05, 3.63) is 71.8 Å². The summed E-state index contributed by atoms with van der Waals surface area (Å²) in [7, 11) is 0. The first-order chi connectivity index (χ1) is 14.9. The Kier molecular flexibility index (Phi) is 5.94. The van der Waals surface area contributed by atoms with E-state index in [9.17, 15) is 18.7 Å². The number of nitrogens with zero attached hydrogens (tertiary/aromatic N) is 3. The van der Waals surface area contributed by atoms with Crippen LogP contribution < -0.4 is 10.6 Å². The summed E-state index contributed by atoms with van der Waals surface area (Å²) in [5, 5.41) is 20.2. The molecule has 0 radical (unpaired) electrons. The molecule has 1 aliphatic carbocycles. The van der Waals surface area contributed by atoms with E-state index in [2.05, 4.69) is 20.7 Å². The van der Waals surface area contributed by atoms with E-state index in [1.54, 1.807) is 4.68 Å². The molecule has 0 saturated heterocycles. The lowest BCUT2D eigenvalue weighted by molar-refractivity contribution is 0.0864. The average Bonchev–Trinajstić information content (AvgIpc) is 3.15. The molecular formula is C22H23F2N5O2. The molecule has 4 rings (SSSR count). The van der Waals surface area contributed by atoms with Crippen LogP contribution in [0.15, 0.2) is 48.5 Å². The molecule has 3 N–H and O–H groups in total. The van der Waals surface area contributed by atoms with E-state index < -0.39 is 29.8 Å². The predicted molar refractivity (Wildman–Crippen MR) is 111 cm³/mol. The minimum atomic E-state index is -1.05. The number of hydrogen-bond donors (Lipinski definition) is 3. The van der Waals surface area contributed by atoms with Gasteiger partial charge in [-0.3, -0.25) is 0 Å². The number of aliphatic hydroxyl groups is 1. The maximum absolute atomic E-state index is 13.4. The van der Waals surface area contributed by atoms with Crippen LogP contribution in [0, 0.1) is 18.6 Å². The first kappa shape index (κ1) is 20.9. The highest BCUT2D eigenvalue weighted by Gasteiger charge is 2.34. The van der Waals surface area contributed by atoms with Gasteiger partial charge in [-0.25, -0.2) is 23.2 Å². The van der Waals surface area contributed by atoms with Crippen molar-refractivity contribution in [1.29, 1.82) is 0 Å². The van der Waals surface area contributed by atoms with Crippen molar-refractivity contribution in [3.8, 4) is 5.69 Å². The third kappa shape index (κ3) is 4.72. The molecule has 0 aliphatic heterocycles. The molecule has 1 saturated carbocycles. The zero-order valence-electron chi connectivity index (χ0n) is 16.9. The molecule has 2 aromatic carbocycles. The van der Waals surface area contributed by atoms with Gasteiger partial charge in [-0.05, 0) is 50.5 Å². The smallest absolute Gasteiger partial charge is 0.319 e. The van der Waals surface area contributed by atoms with E-state index in [1.165, 1.54) is 6.07 Å². The predicted octanol–water partition coefficient (Wildman–Crippen LogP) is 3.67. The number of benzene rings is 2. The normalized spacial score (nSPS) is 21.0. The summed E-state index contributed by atoms with van der Waals surface area (Å²) < 4.78 is 28.2. The van der Waals surface area contributed by atoms with E-state index >= 15 is 0 Å². The van der Waals surface area contributed by atoms with Crippen LogP contribution in [0.2, 0.25) is 0 Å². The minimum Gasteiger partial charge on any atom is -0.391 e. The average molecular weight is 427 g/mol. The lowest BCUT2D eigenvalue weighted by Gasteiger charge is -2.33. The Morgan fingerprint density at radius 1 is 1.13 bits per heavy atom. The third-order valence-corrected chi connectivity index (χ3v) is 5.41. The highest BCUT2D eigenvalue weighted by Crippen LogP contribution is 2.33. The molecule has 0 unspecified atom stereocenters. The fraction of sp³-hybridized carbons (Fsp3) is 0.318. The second-order valence-electron chi connectivity index (χ2n) is 7.68. The van der Waals surface area contributed by atoms with Gasteiger partial charge in [0.1, 0.15) is 11.6 Å². The van der Waals surface area contributed by atoms with Gasteiger partial charge in [-0.1, -0.05) is 18.2 Å². The number of carbonyl (C=O) groups excluding carboxylic acids is 1. The van der Waals surface area contributed by atoms with Crippen LogP contribution in [0.5, 0.6) is 0 Å². The van der Waals surface area contributed by atoms with Crippen molar-refractivity contribution in [2.24, 2.45) is 0 Å². The Hall–Kier alpha value is -3.33. The Bertz CT molecular complexity index is 1070. The number of aliphatic hydroxyl groups excluding tert-OH is 1. The SMILES string of the molecule is Cc1nc([C@H]2CC[C@@H](O)[C@H](NC(=O)Nc3ccc(F)c(F)c3)C2)n(-c2ccccc2)n1. The van der Waals surface area contributed by atoms with E-state index in [4.69, 9.17) is 0 Å². The van der Waals surface area contributed by atoms with Crippen molar-refractivity contribution in [1.82, 2.24) is 20.1 Å². The maximum Gasteiger partial charge on any atom is 0.319 e. The topological polar surface area (TPSA) is 92.1 Å². The van der Waals surface area contributed by atoms with Crippen LogP contribution in [-0.4, -0.2) is 38.0 Å². The van der Waals surface area contributed by atoms with Crippen LogP contribution in [-0.2, 0) is 0 Å². The summed E-state index contributed by atoms with van der Waals surface area (Å²) in [5.74, 6) is -0.632. The number of aromatic nitrogens is 3. The number of nitrogens with one attached hydrogen (secondary N) is 2. The van der Waals surface area contributed by atoms with Crippen molar-refractivity contribution in [2.45, 2.75) is 44.2 Å². The lowest BCUT2D eigenvalue weighted by atomic mass is 9.83. The van der Waals surface area contributed by atoms with Crippen LogP contribution in [0.1, 0.15) is 36.8 Å². The number of carbonyl (C=O) groups is 1. The van der Waals surface area contributed by atoms with Crippen LogP contribution in [0.4, 0.5) is 19.3 Å². The minimum absolute atomic E-state index is 0.0154. The van der Waals surface area contributed by atoms with Gasteiger partial charge in [0.15, 0.2) is 11.6 Å². The Labute approximate surface area is 178 Å². The number of anilines is 1. The third-order valence-electron chi connectivity index (χ3n) is 5.41. The summed E-state index contributed by atoms with van der Waals surface area (Å²) in [5.41, 5.74) is 1.02. The number of aryl methyl sites for hydroxylation is 1. The standard InChI is InChI=1S/C22H23F2N5O2/c1-13-25-21(29(28-13)16-5-3-2-4-6-16)14-7-10-20(30)19(11-14)27-22(31)26-15-8-9-17(23)18(24)12-15/h2-6,8-9,12,14,19-20,30H,7,10-11H2,1H3,(H2,26,27,31)/t14-,19+,20+/m0/s1. The van der Waals surface area contributed by atoms with Gasteiger partial charge in [0, 0.05) is 17.7 Å². The van der Waals surface area contributed by atoms with Crippen molar-refractivity contribution in [2.75, 3.05) is 5.32 Å². The molecule has 7 nitrogen and oxygen atoms in total. The fourth-order valence-corrected chi connectivity index (χ4v) is 3.91. The van der Waals surface area contributed by atoms with E-state index in [1.807, 2.05) is 37.3 Å². The van der Waals surface area contributed by atoms with Crippen LogP contribution in [0.3, 0.4) is 0 Å². The molecule has 0 bridgehead atoms. The molecule has 1 fully saturated rings. The molecule has 1 aliphatic rings. The van der Waals surface area contributed by atoms with E-state index in [0.717, 1.165) is 23.6 Å². The molecule has 31 heavy (non-hydrogen) atoms. The van der Waals surface area contributed by atoms with E-state index in [-0.39, 0.29) is 11.6 Å². The quantitative estimate of drug-likeness (QED) is 0.592. The number of halogens is 2. The van der Waals surface area contributed by atoms with Crippen LogP contribution >= 0.6 is 0 Å². The zero-order chi connectivity index (χ0) is 22.0. The summed E-state index contributed by atoms with van der Waals surface area (Å²) in [6.07, 6.45) is 0.939. The van der Waals surface area contributed by atoms with Crippen LogP contribution in [0.25, 0.3) is 5.69 Å². The van der Waals surface area contributed by atoms with Gasteiger partial charge < -0.3 is 15.7 Å². The van der Waals surface area contributed by atoms with Gasteiger partial charge in [-0.2, -0.15) is 5.10 Å². The fourth-order valence-electron chi connectivity index (χ4n) is 3.91. The highest BCUT2D eigenvalue weighted by atomic mass is 19.2. The largest absolute Gasteiger partial charge is 0.391 e. The number of hydrogen-bond acceptors (Lipinski definition) is 4. The van der Waals surface area contributed by atoms with E-state index in [0.29, 0.717) is 25.1 Å². The summed E-state index contributed by atoms with van der Waals surface area (Å²) >= 11 is 0. The second-order valence-corrected chi connectivity index (χ2v) is 7.68. The lowest BCUT2D eigenvalue weighted by Crippen LogP contribution is -2.48. The molecular weight excluding hydrogens is 404 g/mol. The molecule has 162 valence electrons. The summed E-state index contributed by atoms with van der Waals surface area (Å²) in [6.45, 7) is 1.83. The second kappa shape index (κ2) is 8.81. The van der Waals surface area contributed by atoms with Gasteiger partial charge in [0.05, 0.1) is 17.8 Å². The molecule has 2 amide bonds. The molecule has 3 aromatic rings. The monoisotopic (exact) mass is 427 g/mol. The number of rotatable bonds is 4. The Morgan fingerprint density at radius 3 is 2.65 bits per heavy atom. The number of para-hydroxylation sites is 1. The summed E-state index contributed by atoms with van der Waals surface area (Å²) in [6, 6.07) is 11.7. The first-order valence-electron chi connectivity index (χ1n) is 10.1. The summed E-state index contributed by atoms with van der Waals surface area (Å²) in [4.78, 5) is 17.0. The molecule has 0 spiro atoms. The van der Waals surface area contributed by atoms with Gasteiger partial charge in [0.2, 0.25) is 0 Å². The van der Waals surface area contributed by atoms with Crippen molar-refractivity contribution in [3.63, 3.8) is 0 Å². The number of urea groups is 1. The molecule has 1 heterocycles. The highest BCUT2D eigenvalue weighted by molar-refractivity contribution is 5.89. The Morgan fingerprint density at radius 2 is 1.90 bits per heavy atom. The zero-order valence-corrected chi connectivity index (χ0v) is 16.9. The van der Waals surface area contributed by atoms with Gasteiger partial charge >= 0.3 is 6.03 Å². The Balaban J connectivity index is 1.47. The van der Waals surface area contributed by atoms with Crippen molar-refractivity contribution >= 4 is 11.7 Å². The molecule has 3 atom stereocenters. The van der Waals surface area contributed by atoms with Crippen molar-refractivity contribution < 1.29 is 18.7 Å².